The van der Waals surface area contributed by atoms with E-state index in [0.29, 0.717) is 0 Å². The minimum atomic E-state index is 0.863. The number of fused-ring (bicyclic) bond motifs is 1. The average molecular weight is 198 g/mol. The lowest BCUT2D eigenvalue weighted by molar-refractivity contribution is 0.535. The molecule has 0 amide bonds. The van der Waals surface area contributed by atoms with Gasteiger partial charge in [-0.3, -0.25) is 0 Å². The minimum absolute atomic E-state index is 0.863. The summed E-state index contributed by atoms with van der Waals surface area (Å²) in [4.78, 5) is 7.77. The number of hydrogen-bond donors (Lipinski definition) is 1. The highest BCUT2D eigenvalue weighted by atomic mass is 16.3. The lowest BCUT2D eigenvalue weighted by atomic mass is 10.2. The van der Waals surface area contributed by atoms with E-state index in [-0.39, 0.29) is 0 Å². The van der Waals surface area contributed by atoms with Gasteiger partial charge in [-0.2, -0.15) is 0 Å². The van der Waals surface area contributed by atoms with Gasteiger partial charge in [0.2, 0.25) is 0 Å². The monoisotopic (exact) mass is 198 g/mol. The van der Waals surface area contributed by atoms with Gasteiger partial charge in [0.15, 0.2) is 0 Å². The highest BCUT2D eigenvalue weighted by molar-refractivity contribution is 5.79. The second-order valence-corrected chi connectivity index (χ2v) is 3.49. The molecule has 0 unspecified atom stereocenters. The van der Waals surface area contributed by atoms with Crippen LogP contribution in [0.5, 0.6) is 0 Å². The molecular formula is C12H10N2O. The van der Waals surface area contributed by atoms with Crippen LogP contribution in [0, 0.1) is 6.92 Å². The molecule has 3 aromatic rings. The van der Waals surface area contributed by atoms with Crippen molar-refractivity contribution in [3.8, 4) is 11.4 Å². The van der Waals surface area contributed by atoms with Gasteiger partial charge in [-0.15, -0.1) is 0 Å². The third-order valence-electron chi connectivity index (χ3n) is 2.50. The Bertz CT molecular complexity index is 574. The van der Waals surface area contributed by atoms with E-state index in [4.69, 9.17) is 4.42 Å². The smallest absolute Gasteiger partial charge is 0.142 e. The van der Waals surface area contributed by atoms with Gasteiger partial charge in [0, 0.05) is 0 Å². The summed E-state index contributed by atoms with van der Waals surface area (Å²) < 4.78 is 5.25. The number of rotatable bonds is 1. The van der Waals surface area contributed by atoms with Crippen molar-refractivity contribution in [2.75, 3.05) is 0 Å². The zero-order valence-corrected chi connectivity index (χ0v) is 8.32. The quantitative estimate of drug-likeness (QED) is 0.652. The fraction of sp³-hybridized carbons (Fsp3) is 0.0833. The number of furan rings is 1. The van der Waals surface area contributed by atoms with Gasteiger partial charge in [-0.1, -0.05) is 12.1 Å². The van der Waals surface area contributed by atoms with Gasteiger partial charge in [-0.25, -0.2) is 4.98 Å². The number of para-hydroxylation sites is 2. The Morgan fingerprint density at radius 3 is 2.80 bits per heavy atom. The first-order valence-electron chi connectivity index (χ1n) is 4.84. The number of benzene rings is 1. The van der Waals surface area contributed by atoms with Crippen molar-refractivity contribution in [1.82, 2.24) is 9.97 Å². The molecule has 2 heterocycles. The molecule has 0 fully saturated rings. The molecule has 3 heteroatoms. The highest BCUT2D eigenvalue weighted by Crippen LogP contribution is 2.23. The standard InChI is InChI=1S/C12H10N2O/c1-8-9(6-7-15-8)12-13-10-4-2-3-5-11(10)14-12/h2-7H,1H3,(H,13,14). The zero-order chi connectivity index (χ0) is 10.3. The highest BCUT2D eigenvalue weighted by Gasteiger charge is 2.08. The van der Waals surface area contributed by atoms with Crippen molar-refractivity contribution >= 4 is 11.0 Å². The topological polar surface area (TPSA) is 41.8 Å². The maximum Gasteiger partial charge on any atom is 0.142 e. The molecular weight excluding hydrogens is 188 g/mol. The third kappa shape index (κ3) is 1.24. The number of aromatic amines is 1. The maximum atomic E-state index is 5.25. The van der Waals surface area contributed by atoms with Crippen molar-refractivity contribution < 1.29 is 4.42 Å². The average Bonchev–Trinajstić information content (AvgIpc) is 2.82. The summed E-state index contributed by atoms with van der Waals surface area (Å²) in [5.74, 6) is 1.75. The molecule has 2 aromatic heterocycles. The molecule has 1 N–H and O–H groups in total. The normalized spacial score (nSPS) is 11.0. The molecule has 0 spiro atoms. The molecule has 1 aromatic carbocycles. The Morgan fingerprint density at radius 2 is 2.07 bits per heavy atom. The summed E-state index contributed by atoms with van der Waals surface area (Å²) in [6.07, 6.45) is 1.68. The van der Waals surface area contributed by atoms with Crippen LogP contribution in [0.25, 0.3) is 22.4 Å². The first kappa shape index (κ1) is 8.29. The second-order valence-electron chi connectivity index (χ2n) is 3.49. The summed E-state index contributed by atoms with van der Waals surface area (Å²) in [6.45, 7) is 1.93. The van der Waals surface area contributed by atoms with Crippen LogP contribution >= 0.6 is 0 Å². The molecule has 3 rings (SSSR count). The number of aryl methyl sites for hydroxylation is 1. The van der Waals surface area contributed by atoms with Gasteiger partial charge in [0.25, 0.3) is 0 Å². The first-order valence-corrected chi connectivity index (χ1v) is 4.84. The predicted molar refractivity (Wildman–Crippen MR) is 58.5 cm³/mol. The van der Waals surface area contributed by atoms with E-state index in [1.165, 1.54) is 0 Å². The molecule has 0 aliphatic rings. The molecule has 74 valence electrons. The molecule has 0 aliphatic carbocycles. The Kier molecular flexibility index (Phi) is 1.65. The van der Waals surface area contributed by atoms with Crippen molar-refractivity contribution in [3.63, 3.8) is 0 Å². The number of nitrogens with one attached hydrogen (secondary N) is 1. The molecule has 0 atom stereocenters. The van der Waals surface area contributed by atoms with Crippen molar-refractivity contribution in [3.05, 3.63) is 42.4 Å². The number of nitrogens with zero attached hydrogens (tertiary/aromatic N) is 1. The Morgan fingerprint density at radius 1 is 1.20 bits per heavy atom. The fourth-order valence-electron chi connectivity index (χ4n) is 1.71. The summed E-state index contributed by atoms with van der Waals surface area (Å²) in [6, 6.07) is 9.90. The van der Waals surface area contributed by atoms with Crippen LogP contribution in [0.3, 0.4) is 0 Å². The molecule has 3 nitrogen and oxygen atoms in total. The van der Waals surface area contributed by atoms with Crippen LogP contribution in [-0.4, -0.2) is 9.97 Å². The van der Waals surface area contributed by atoms with E-state index in [1.54, 1.807) is 6.26 Å². The zero-order valence-electron chi connectivity index (χ0n) is 8.32. The Labute approximate surface area is 86.8 Å². The van der Waals surface area contributed by atoms with Gasteiger partial charge >= 0.3 is 0 Å². The lowest BCUT2D eigenvalue weighted by Crippen LogP contribution is -1.78. The molecule has 0 saturated carbocycles. The maximum absolute atomic E-state index is 5.25. The van der Waals surface area contributed by atoms with Gasteiger partial charge in [0.05, 0.1) is 22.9 Å². The molecule has 0 radical (unpaired) electrons. The van der Waals surface area contributed by atoms with Gasteiger partial charge < -0.3 is 9.40 Å². The van der Waals surface area contributed by atoms with E-state index in [9.17, 15) is 0 Å². The molecule has 0 bridgehead atoms. The Hall–Kier alpha value is -2.03. The van der Waals surface area contributed by atoms with Crippen molar-refractivity contribution in [2.45, 2.75) is 6.92 Å². The van der Waals surface area contributed by atoms with E-state index < -0.39 is 0 Å². The van der Waals surface area contributed by atoms with Gasteiger partial charge in [-0.05, 0) is 25.1 Å². The van der Waals surface area contributed by atoms with Crippen LogP contribution < -0.4 is 0 Å². The largest absolute Gasteiger partial charge is 0.469 e. The third-order valence-corrected chi connectivity index (χ3v) is 2.50. The summed E-state index contributed by atoms with van der Waals surface area (Å²) >= 11 is 0. The number of hydrogen-bond acceptors (Lipinski definition) is 2. The van der Waals surface area contributed by atoms with Crippen LogP contribution in [0.1, 0.15) is 5.76 Å². The molecule has 15 heavy (non-hydrogen) atoms. The SMILES string of the molecule is Cc1occc1-c1nc2ccccc2[nH]1. The van der Waals surface area contributed by atoms with Crippen molar-refractivity contribution in [2.24, 2.45) is 0 Å². The van der Waals surface area contributed by atoms with Crippen molar-refractivity contribution in [1.29, 1.82) is 0 Å². The minimum Gasteiger partial charge on any atom is -0.469 e. The van der Waals surface area contributed by atoms with E-state index in [1.807, 2.05) is 37.3 Å². The number of imidazole rings is 1. The predicted octanol–water partition coefficient (Wildman–Crippen LogP) is 3.13. The van der Waals surface area contributed by atoms with Crippen LogP contribution in [0.2, 0.25) is 0 Å². The van der Waals surface area contributed by atoms with Gasteiger partial charge in [0.1, 0.15) is 11.6 Å². The Balaban J connectivity index is 2.24. The summed E-state index contributed by atoms with van der Waals surface area (Å²) in [5.41, 5.74) is 3.05. The summed E-state index contributed by atoms with van der Waals surface area (Å²) in [5, 5.41) is 0. The number of H-pyrrole nitrogens is 1. The van der Waals surface area contributed by atoms with Crippen LogP contribution in [0.15, 0.2) is 41.0 Å². The summed E-state index contributed by atoms with van der Waals surface area (Å²) in [7, 11) is 0. The lowest BCUT2D eigenvalue weighted by Gasteiger charge is -1.90. The second kappa shape index (κ2) is 2.98. The molecule has 0 aliphatic heterocycles. The molecule has 0 saturated heterocycles. The van der Waals surface area contributed by atoms with Crippen LogP contribution in [-0.2, 0) is 0 Å². The van der Waals surface area contributed by atoms with E-state index in [0.717, 1.165) is 28.2 Å². The van der Waals surface area contributed by atoms with E-state index in [2.05, 4.69) is 9.97 Å². The first-order chi connectivity index (χ1) is 7.34. The van der Waals surface area contributed by atoms with Crippen LogP contribution in [0.4, 0.5) is 0 Å². The van der Waals surface area contributed by atoms with E-state index >= 15 is 0 Å². The fourth-order valence-corrected chi connectivity index (χ4v) is 1.71. The number of aromatic nitrogens is 2.